The predicted molar refractivity (Wildman–Crippen MR) is 97.9 cm³/mol. The van der Waals surface area contributed by atoms with Crippen LogP contribution in [0, 0.1) is 6.92 Å². The Balaban J connectivity index is 1.57. The Morgan fingerprint density at radius 1 is 0.875 bits per heavy atom. The maximum absolute atomic E-state index is 4.78. The number of hydrogen-bond acceptors (Lipinski definition) is 3. The van der Waals surface area contributed by atoms with Crippen molar-refractivity contribution in [1.82, 2.24) is 10.4 Å². The number of nitrogens with one attached hydrogen (secondary N) is 1. The van der Waals surface area contributed by atoms with Gasteiger partial charge in [0.1, 0.15) is 0 Å². The summed E-state index contributed by atoms with van der Waals surface area (Å²) in [6.07, 6.45) is 0.886. The summed E-state index contributed by atoms with van der Waals surface area (Å²) in [6.45, 7) is 2.06. The molecule has 1 aliphatic rings. The van der Waals surface area contributed by atoms with Crippen LogP contribution in [0.15, 0.2) is 77.9 Å². The smallest absolute Gasteiger partial charge is 0.0745 e. The molecule has 1 aromatic heterocycles. The first-order valence-electron chi connectivity index (χ1n) is 8.22. The van der Waals surface area contributed by atoms with Crippen molar-refractivity contribution in [2.24, 2.45) is 5.10 Å². The van der Waals surface area contributed by atoms with Gasteiger partial charge in [0, 0.05) is 23.2 Å². The van der Waals surface area contributed by atoms with Gasteiger partial charge in [0.2, 0.25) is 0 Å². The van der Waals surface area contributed by atoms with Crippen LogP contribution in [0.3, 0.4) is 0 Å². The van der Waals surface area contributed by atoms with Crippen molar-refractivity contribution in [3.63, 3.8) is 0 Å². The van der Waals surface area contributed by atoms with Crippen LogP contribution >= 0.6 is 0 Å². The van der Waals surface area contributed by atoms with Crippen LogP contribution in [0.5, 0.6) is 0 Å². The second kappa shape index (κ2) is 6.28. The number of rotatable bonds is 3. The summed E-state index contributed by atoms with van der Waals surface area (Å²) >= 11 is 0. The van der Waals surface area contributed by atoms with Gasteiger partial charge in [0.05, 0.1) is 17.4 Å². The lowest BCUT2D eigenvalue weighted by atomic mass is 9.98. The van der Waals surface area contributed by atoms with Gasteiger partial charge < -0.3 is 5.43 Å². The van der Waals surface area contributed by atoms with Gasteiger partial charge in [-0.15, -0.1) is 0 Å². The third-order valence-corrected chi connectivity index (χ3v) is 4.42. The Morgan fingerprint density at radius 2 is 1.58 bits per heavy atom. The Morgan fingerprint density at radius 3 is 2.29 bits per heavy atom. The minimum Gasteiger partial charge on any atom is -0.302 e. The Labute approximate surface area is 142 Å². The first-order valence-corrected chi connectivity index (χ1v) is 8.22. The van der Waals surface area contributed by atoms with E-state index in [4.69, 9.17) is 4.98 Å². The standard InChI is InChI=1S/C21H19N3/c1-15-18(12-13-19(22-15)16-8-4-2-5-9-16)21-14-20(23-24-21)17-10-6-3-7-11-17/h2-13,20,23H,14H2,1H3. The highest BCUT2D eigenvalue weighted by molar-refractivity contribution is 6.02. The molecule has 0 bridgehead atoms. The van der Waals surface area contributed by atoms with E-state index in [-0.39, 0.29) is 6.04 Å². The monoisotopic (exact) mass is 313 g/mol. The lowest BCUT2D eigenvalue weighted by Crippen LogP contribution is -2.09. The van der Waals surface area contributed by atoms with E-state index < -0.39 is 0 Å². The first kappa shape index (κ1) is 14.6. The molecule has 1 unspecified atom stereocenters. The maximum Gasteiger partial charge on any atom is 0.0745 e. The number of aryl methyl sites for hydroxylation is 1. The van der Waals surface area contributed by atoms with Crippen molar-refractivity contribution in [2.75, 3.05) is 0 Å². The minimum absolute atomic E-state index is 0.245. The van der Waals surface area contributed by atoms with E-state index in [1.54, 1.807) is 0 Å². The molecule has 0 amide bonds. The number of pyridine rings is 1. The molecule has 2 heterocycles. The number of hydrazone groups is 1. The molecular weight excluding hydrogens is 294 g/mol. The number of nitrogens with zero attached hydrogens (tertiary/aromatic N) is 2. The quantitative estimate of drug-likeness (QED) is 0.773. The highest BCUT2D eigenvalue weighted by Crippen LogP contribution is 2.26. The molecule has 118 valence electrons. The third-order valence-electron chi connectivity index (χ3n) is 4.42. The number of benzene rings is 2. The van der Waals surface area contributed by atoms with Crippen LogP contribution in [0.4, 0.5) is 0 Å². The fourth-order valence-corrected chi connectivity index (χ4v) is 3.12. The van der Waals surface area contributed by atoms with Crippen molar-refractivity contribution in [1.29, 1.82) is 0 Å². The number of hydrogen-bond donors (Lipinski definition) is 1. The van der Waals surface area contributed by atoms with E-state index in [1.165, 1.54) is 5.56 Å². The van der Waals surface area contributed by atoms with E-state index in [9.17, 15) is 0 Å². The molecule has 24 heavy (non-hydrogen) atoms. The number of aromatic nitrogens is 1. The molecule has 2 aromatic carbocycles. The lowest BCUT2D eigenvalue weighted by Gasteiger charge is -2.10. The summed E-state index contributed by atoms with van der Waals surface area (Å²) in [6, 6.07) is 25.2. The molecule has 0 saturated heterocycles. The van der Waals surface area contributed by atoms with E-state index in [0.29, 0.717) is 0 Å². The van der Waals surface area contributed by atoms with Crippen molar-refractivity contribution in [3.05, 3.63) is 89.6 Å². The summed E-state index contributed by atoms with van der Waals surface area (Å²) in [5, 5.41) is 4.55. The molecule has 0 radical (unpaired) electrons. The van der Waals surface area contributed by atoms with Crippen molar-refractivity contribution in [3.8, 4) is 11.3 Å². The second-order valence-electron chi connectivity index (χ2n) is 6.05. The highest BCUT2D eigenvalue weighted by atomic mass is 15.3. The molecule has 3 aromatic rings. The predicted octanol–water partition coefficient (Wildman–Crippen LogP) is 4.50. The molecule has 3 heteroatoms. The summed E-state index contributed by atoms with van der Waals surface area (Å²) in [5.41, 5.74) is 9.89. The average molecular weight is 313 g/mol. The summed E-state index contributed by atoms with van der Waals surface area (Å²) < 4.78 is 0. The molecule has 0 aliphatic carbocycles. The average Bonchev–Trinajstić information content (AvgIpc) is 3.13. The Kier molecular flexibility index (Phi) is 3.83. The van der Waals surface area contributed by atoms with Crippen LogP contribution in [0.25, 0.3) is 11.3 Å². The first-order chi connectivity index (χ1) is 11.8. The van der Waals surface area contributed by atoms with E-state index in [2.05, 4.69) is 66.0 Å². The molecule has 1 atom stereocenters. The largest absolute Gasteiger partial charge is 0.302 e. The highest BCUT2D eigenvalue weighted by Gasteiger charge is 2.22. The third kappa shape index (κ3) is 2.81. The van der Waals surface area contributed by atoms with Gasteiger partial charge in [-0.1, -0.05) is 60.7 Å². The van der Waals surface area contributed by atoms with Crippen molar-refractivity contribution < 1.29 is 0 Å². The van der Waals surface area contributed by atoms with Crippen LogP contribution in [0.2, 0.25) is 0 Å². The maximum atomic E-state index is 4.78. The minimum atomic E-state index is 0.245. The van der Waals surface area contributed by atoms with Crippen LogP contribution in [-0.4, -0.2) is 10.7 Å². The molecule has 0 saturated carbocycles. The molecule has 1 N–H and O–H groups in total. The molecule has 0 spiro atoms. The second-order valence-corrected chi connectivity index (χ2v) is 6.05. The van der Waals surface area contributed by atoms with Gasteiger partial charge in [0.15, 0.2) is 0 Å². The zero-order valence-electron chi connectivity index (χ0n) is 13.6. The van der Waals surface area contributed by atoms with Gasteiger partial charge in [-0.3, -0.25) is 4.98 Å². The molecule has 4 rings (SSSR count). The summed E-state index contributed by atoms with van der Waals surface area (Å²) in [5.74, 6) is 0. The van der Waals surface area contributed by atoms with Gasteiger partial charge in [-0.2, -0.15) is 5.10 Å². The van der Waals surface area contributed by atoms with Gasteiger partial charge in [-0.05, 0) is 24.6 Å². The zero-order chi connectivity index (χ0) is 16.4. The topological polar surface area (TPSA) is 37.3 Å². The Hall–Kier alpha value is -2.94. The normalized spacial score (nSPS) is 16.5. The van der Waals surface area contributed by atoms with E-state index >= 15 is 0 Å². The Bertz CT molecular complexity index is 870. The van der Waals surface area contributed by atoms with Gasteiger partial charge in [0.25, 0.3) is 0 Å². The SMILES string of the molecule is Cc1nc(-c2ccccc2)ccc1C1=NNC(c2ccccc2)C1. The van der Waals surface area contributed by atoms with Gasteiger partial charge in [-0.25, -0.2) is 0 Å². The fraction of sp³-hybridized carbons (Fsp3) is 0.143. The van der Waals surface area contributed by atoms with Crippen LogP contribution < -0.4 is 5.43 Å². The summed E-state index contributed by atoms with van der Waals surface area (Å²) in [4.78, 5) is 4.78. The van der Waals surface area contributed by atoms with Crippen molar-refractivity contribution in [2.45, 2.75) is 19.4 Å². The molecule has 3 nitrogen and oxygen atoms in total. The van der Waals surface area contributed by atoms with Crippen molar-refractivity contribution >= 4 is 5.71 Å². The van der Waals surface area contributed by atoms with E-state index in [1.807, 2.05) is 24.3 Å². The summed E-state index contributed by atoms with van der Waals surface area (Å²) in [7, 11) is 0. The molecular formula is C21H19N3. The lowest BCUT2D eigenvalue weighted by molar-refractivity contribution is 0.620. The zero-order valence-corrected chi connectivity index (χ0v) is 13.6. The fourth-order valence-electron chi connectivity index (χ4n) is 3.12. The van der Waals surface area contributed by atoms with E-state index in [0.717, 1.165) is 34.6 Å². The molecule has 1 aliphatic heterocycles. The molecule has 0 fully saturated rings. The van der Waals surface area contributed by atoms with Gasteiger partial charge >= 0.3 is 0 Å². The van der Waals surface area contributed by atoms with Crippen LogP contribution in [-0.2, 0) is 0 Å². The van der Waals surface area contributed by atoms with Crippen LogP contribution in [0.1, 0.15) is 29.3 Å².